The lowest BCUT2D eigenvalue weighted by Gasteiger charge is -2.12. The van der Waals surface area contributed by atoms with Crippen molar-refractivity contribution in [2.24, 2.45) is 0 Å². The minimum atomic E-state index is -0.490. The maximum Gasteiger partial charge on any atom is 0.293 e. The van der Waals surface area contributed by atoms with Gasteiger partial charge in [0.1, 0.15) is 17.3 Å². The predicted molar refractivity (Wildman–Crippen MR) is 112 cm³/mol. The van der Waals surface area contributed by atoms with Crippen LogP contribution in [-0.2, 0) is 11.3 Å². The topological polar surface area (TPSA) is 50.5 Å². The predicted octanol–water partition coefficient (Wildman–Crippen LogP) is 6.63. The smallest absolute Gasteiger partial charge is 0.293 e. The monoisotopic (exact) mass is 447 g/mol. The lowest BCUT2D eigenvalue weighted by Crippen LogP contribution is -2.27. The van der Waals surface area contributed by atoms with E-state index in [2.05, 4.69) is 0 Å². The fraction of sp³-hybridized carbons (Fsp3) is 0.0476. The average Bonchev–Trinajstić information content (AvgIpc) is 3.26. The van der Waals surface area contributed by atoms with Gasteiger partial charge in [0, 0.05) is 17.2 Å². The fourth-order valence-electron chi connectivity index (χ4n) is 2.80. The van der Waals surface area contributed by atoms with Crippen molar-refractivity contribution in [2.45, 2.75) is 6.54 Å². The van der Waals surface area contributed by atoms with Gasteiger partial charge in [-0.3, -0.25) is 14.5 Å². The number of benzene rings is 2. The molecule has 146 valence electrons. The molecule has 1 fully saturated rings. The zero-order valence-electron chi connectivity index (χ0n) is 14.7. The van der Waals surface area contributed by atoms with Crippen molar-refractivity contribution in [1.29, 1.82) is 0 Å². The number of imide groups is 1. The standard InChI is InChI=1S/C21H12Cl2FNO3S/c22-15-7-5-12(9-16(15)23)18-8-6-14(28-18)10-19-20(26)25(21(27)29-19)11-13-3-1-2-4-17(13)24/h1-10H,11H2/b19-10-. The number of hydrogen-bond donors (Lipinski definition) is 0. The van der Waals surface area contributed by atoms with Crippen LogP contribution < -0.4 is 0 Å². The van der Waals surface area contributed by atoms with E-state index in [0.717, 1.165) is 22.2 Å². The SMILES string of the molecule is O=C1S/C(=C\c2ccc(-c3ccc(Cl)c(Cl)c3)o2)C(=O)N1Cc1ccccc1F. The minimum Gasteiger partial charge on any atom is -0.457 e. The van der Waals surface area contributed by atoms with Crippen molar-refractivity contribution in [3.63, 3.8) is 0 Å². The summed E-state index contributed by atoms with van der Waals surface area (Å²) in [6, 6.07) is 14.5. The van der Waals surface area contributed by atoms with E-state index in [-0.39, 0.29) is 17.0 Å². The van der Waals surface area contributed by atoms with E-state index in [4.69, 9.17) is 27.6 Å². The Bertz CT molecular complexity index is 1160. The zero-order valence-corrected chi connectivity index (χ0v) is 17.0. The van der Waals surface area contributed by atoms with E-state index >= 15 is 0 Å². The molecule has 0 saturated carbocycles. The molecule has 29 heavy (non-hydrogen) atoms. The summed E-state index contributed by atoms with van der Waals surface area (Å²) in [5.74, 6) is -0.00793. The van der Waals surface area contributed by atoms with Crippen LogP contribution in [0, 0.1) is 5.82 Å². The molecule has 4 nitrogen and oxygen atoms in total. The summed E-state index contributed by atoms with van der Waals surface area (Å²) in [4.78, 5) is 26.1. The molecule has 1 aromatic heterocycles. The Labute approximate surface area is 179 Å². The summed E-state index contributed by atoms with van der Waals surface area (Å²) >= 11 is 12.7. The Kier molecular flexibility index (Phi) is 5.50. The quantitative estimate of drug-likeness (QED) is 0.421. The van der Waals surface area contributed by atoms with Gasteiger partial charge in [-0.2, -0.15) is 0 Å². The van der Waals surface area contributed by atoms with Gasteiger partial charge in [-0.25, -0.2) is 4.39 Å². The van der Waals surface area contributed by atoms with Gasteiger partial charge in [-0.15, -0.1) is 0 Å². The van der Waals surface area contributed by atoms with Gasteiger partial charge < -0.3 is 4.42 Å². The van der Waals surface area contributed by atoms with E-state index in [1.54, 1.807) is 48.5 Å². The highest BCUT2D eigenvalue weighted by Gasteiger charge is 2.35. The highest BCUT2D eigenvalue weighted by molar-refractivity contribution is 8.18. The molecule has 1 saturated heterocycles. The maximum atomic E-state index is 13.9. The molecular weight excluding hydrogens is 436 g/mol. The molecule has 2 amide bonds. The average molecular weight is 448 g/mol. The van der Waals surface area contributed by atoms with Gasteiger partial charge in [0.25, 0.3) is 11.1 Å². The number of amides is 2. The van der Waals surface area contributed by atoms with Crippen LogP contribution in [0.25, 0.3) is 17.4 Å². The second kappa shape index (κ2) is 8.06. The van der Waals surface area contributed by atoms with Crippen LogP contribution in [0.1, 0.15) is 11.3 Å². The first-order valence-electron chi connectivity index (χ1n) is 8.46. The number of rotatable bonds is 4. The third-order valence-corrected chi connectivity index (χ3v) is 5.91. The third-order valence-electron chi connectivity index (χ3n) is 4.26. The van der Waals surface area contributed by atoms with Crippen molar-refractivity contribution < 1.29 is 18.4 Å². The first-order chi connectivity index (χ1) is 13.9. The van der Waals surface area contributed by atoms with Crippen molar-refractivity contribution in [1.82, 2.24) is 4.90 Å². The Morgan fingerprint density at radius 3 is 2.59 bits per heavy atom. The molecule has 0 atom stereocenters. The Morgan fingerprint density at radius 1 is 1.03 bits per heavy atom. The van der Waals surface area contributed by atoms with E-state index in [1.807, 2.05) is 0 Å². The molecule has 3 aromatic rings. The van der Waals surface area contributed by atoms with E-state index in [9.17, 15) is 14.0 Å². The van der Waals surface area contributed by atoms with Crippen LogP contribution >= 0.6 is 35.0 Å². The highest BCUT2D eigenvalue weighted by atomic mass is 35.5. The molecule has 2 heterocycles. The Hall–Kier alpha value is -2.54. The van der Waals surface area contributed by atoms with Crippen LogP contribution in [0.15, 0.2) is 63.9 Å². The molecule has 0 aliphatic carbocycles. The summed E-state index contributed by atoms with van der Waals surface area (Å²) in [6.07, 6.45) is 1.49. The number of halogens is 3. The molecule has 0 bridgehead atoms. The molecule has 0 N–H and O–H groups in total. The molecule has 2 aromatic carbocycles. The van der Waals surface area contributed by atoms with Crippen molar-refractivity contribution >= 4 is 52.2 Å². The summed E-state index contributed by atoms with van der Waals surface area (Å²) in [6.45, 7) is -0.124. The Balaban J connectivity index is 1.55. The van der Waals surface area contributed by atoms with Gasteiger partial charge in [0.05, 0.1) is 21.5 Å². The lowest BCUT2D eigenvalue weighted by atomic mass is 10.2. The second-order valence-electron chi connectivity index (χ2n) is 6.19. The lowest BCUT2D eigenvalue weighted by molar-refractivity contribution is -0.123. The minimum absolute atomic E-state index is 0.124. The number of thioether (sulfide) groups is 1. The van der Waals surface area contributed by atoms with Crippen molar-refractivity contribution in [3.05, 3.63) is 86.7 Å². The number of carbonyl (C=O) groups excluding carboxylic acids is 2. The molecule has 4 rings (SSSR count). The van der Waals surface area contributed by atoms with Gasteiger partial charge in [0.2, 0.25) is 0 Å². The second-order valence-corrected chi connectivity index (χ2v) is 8.00. The molecular formula is C21H12Cl2FNO3S. The summed E-state index contributed by atoms with van der Waals surface area (Å²) in [5.41, 5.74) is 1.00. The molecule has 0 spiro atoms. The van der Waals surface area contributed by atoms with Gasteiger partial charge >= 0.3 is 0 Å². The number of furan rings is 1. The largest absolute Gasteiger partial charge is 0.457 e. The van der Waals surface area contributed by atoms with Crippen molar-refractivity contribution in [2.75, 3.05) is 0 Å². The van der Waals surface area contributed by atoms with Crippen LogP contribution in [0.5, 0.6) is 0 Å². The van der Waals surface area contributed by atoms with Crippen LogP contribution in [-0.4, -0.2) is 16.0 Å². The molecule has 0 unspecified atom stereocenters. The number of carbonyl (C=O) groups is 2. The van der Waals surface area contributed by atoms with Crippen LogP contribution in [0.3, 0.4) is 0 Å². The van der Waals surface area contributed by atoms with E-state index in [0.29, 0.717) is 21.6 Å². The number of nitrogens with zero attached hydrogens (tertiary/aromatic N) is 1. The van der Waals surface area contributed by atoms with Crippen LogP contribution in [0.2, 0.25) is 10.0 Å². The van der Waals surface area contributed by atoms with Gasteiger partial charge in [-0.05, 0) is 48.2 Å². The third kappa shape index (κ3) is 4.10. The fourth-order valence-corrected chi connectivity index (χ4v) is 3.91. The van der Waals surface area contributed by atoms with Gasteiger partial charge in [-0.1, -0.05) is 41.4 Å². The van der Waals surface area contributed by atoms with E-state index in [1.165, 1.54) is 12.1 Å². The molecule has 0 radical (unpaired) electrons. The normalized spacial score (nSPS) is 15.6. The molecule has 1 aliphatic rings. The van der Waals surface area contributed by atoms with Crippen LogP contribution in [0.4, 0.5) is 9.18 Å². The van der Waals surface area contributed by atoms with Crippen molar-refractivity contribution in [3.8, 4) is 11.3 Å². The summed E-state index contributed by atoms with van der Waals surface area (Å²) < 4.78 is 19.6. The van der Waals surface area contributed by atoms with E-state index < -0.39 is 17.0 Å². The zero-order chi connectivity index (χ0) is 20.5. The summed E-state index contributed by atoms with van der Waals surface area (Å²) in [5, 5.41) is 0.378. The number of hydrogen-bond acceptors (Lipinski definition) is 4. The highest BCUT2D eigenvalue weighted by Crippen LogP contribution is 2.35. The molecule has 8 heteroatoms. The first kappa shape index (κ1) is 19.8. The van der Waals surface area contributed by atoms with Gasteiger partial charge in [0.15, 0.2) is 0 Å². The first-order valence-corrected chi connectivity index (χ1v) is 10.0. The Morgan fingerprint density at radius 2 is 1.83 bits per heavy atom. The maximum absolute atomic E-state index is 13.9. The summed E-state index contributed by atoms with van der Waals surface area (Å²) in [7, 11) is 0. The molecule has 1 aliphatic heterocycles.